The van der Waals surface area contributed by atoms with E-state index in [1.165, 1.54) is 6.07 Å². The largest absolute Gasteiger partial charge is 0.463 e. The summed E-state index contributed by atoms with van der Waals surface area (Å²) in [6.45, 7) is 5.01. The van der Waals surface area contributed by atoms with Gasteiger partial charge in [-0.2, -0.15) is 4.68 Å². The predicted octanol–water partition coefficient (Wildman–Crippen LogP) is 1.63. The summed E-state index contributed by atoms with van der Waals surface area (Å²) in [5.74, 6) is -3.95. The van der Waals surface area contributed by atoms with E-state index in [1.807, 2.05) is 0 Å². The molecule has 3 aromatic rings. The first-order chi connectivity index (χ1) is 20.9. The summed E-state index contributed by atoms with van der Waals surface area (Å²) in [5, 5.41) is 1.04. The van der Waals surface area contributed by atoms with Crippen molar-refractivity contribution in [2.45, 2.75) is 65.3 Å². The molecule has 0 saturated carbocycles. The normalized spacial score (nSPS) is 21.2. The van der Waals surface area contributed by atoms with E-state index in [4.69, 9.17) is 23.7 Å². The number of amides is 1. The van der Waals surface area contributed by atoms with Crippen LogP contribution in [0.4, 0.5) is 0 Å². The number of carbonyl (C=O) groups excluding carboxylic acids is 5. The standard InChI is InChI=1S/C30H31N3O11/c1-16(34)32(33-28(21-11-7-6-8-12-21)31-23-14-10-9-13-22(23)29(33)39)30-27(43-20(5)38)26(42-19(4)37)25(41-18(3)36)24(44-30)15-40-17(2)35/h6-14,24-27,30H,15H2,1-5H3/t24-,25+,26+,27-,30-/m1/s1. The molecule has 0 N–H and O–H groups in total. The summed E-state index contributed by atoms with van der Waals surface area (Å²) in [6, 6.07) is 15.1. The van der Waals surface area contributed by atoms with Crippen LogP contribution in [0.15, 0.2) is 59.4 Å². The second-order valence-corrected chi connectivity index (χ2v) is 9.89. The number of ether oxygens (including phenoxy) is 5. The van der Waals surface area contributed by atoms with Crippen LogP contribution in [0.2, 0.25) is 0 Å². The zero-order chi connectivity index (χ0) is 32.1. The molecule has 0 spiro atoms. The summed E-state index contributed by atoms with van der Waals surface area (Å²) < 4.78 is 28.8. The van der Waals surface area contributed by atoms with E-state index in [9.17, 15) is 28.8 Å². The maximum Gasteiger partial charge on any atom is 0.303 e. The highest BCUT2D eigenvalue weighted by molar-refractivity contribution is 5.87. The van der Waals surface area contributed by atoms with Crippen molar-refractivity contribution in [1.29, 1.82) is 0 Å². The van der Waals surface area contributed by atoms with Crippen LogP contribution < -0.4 is 10.6 Å². The van der Waals surface area contributed by atoms with E-state index in [-0.39, 0.29) is 11.2 Å². The average Bonchev–Trinajstić information content (AvgIpc) is 2.95. The van der Waals surface area contributed by atoms with Gasteiger partial charge in [-0.25, -0.2) is 9.99 Å². The number of esters is 4. The number of hydrogen-bond acceptors (Lipinski definition) is 12. The van der Waals surface area contributed by atoms with Crippen molar-refractivity contribution in [1.82, 2.24) is 9.66 Å². The molecular formula is C30H31N3O11. The van der Waals surface area contributed by atoms with Crippen molar-refractivity contribution in [2.75, 3.05) is 11.6 Å². The fourth-order valence-electron chi connectivity index (χ4n) is 4.93. The molecule has 0 bridgehead atoms. The van der Waals surface area contributed by atoms with Gasteiger partial charge in [0.1, 0.15) is 12.7 Å². The van der Waals surface area contributed by atoms with Crippen LogP contribution in [-0.2, 0) is 47.7 Å². The number of para-hydroxylation sites is 1. The average molecular weight is 610 g/mol. The molecule has 2 aromatic carbocycles. The molecule has 0 radical (unpaired) electrons. The highest BCUT2D eigenvalue weighted by Crippen LogP contribution is 2.32. The topological polar surface area (TPSA) is 170 Å². The number of hydrogen-bond donors (Lipinski definition) is 0. The van der Waals surface area contributed by atoms with E-state index < -0.39 is 72.6 Å². The van der Waals surface area contributed by atoms with Crippen molar-refractivity contribution in [3.63, 3.8) is 0 Å². The Morgan fingerprint density at radius 1 is 0.773 bits per heavy atom. The van der Waals surface area contributed by atoms with Crippen molar-refractivity contribution >= 4 is 40.7 Å². The van der Waals surface area contributed by atoms with E-state index in [0.717, 1.165) is 44.3 Å². The lowest BCUT2D eigenvalue weighted by atomic mass is 9.96. The number of benzene rings is 2. The lowest BCUT2D eigenvalue weighted by Crippen LogP contribution is -2.69. The van der Waals surface area contributed by atoms with Crippen LogP contribution >= 0.6 is 0 Å². The Morgan fingerprint density at radius 2 is 1.34 bits per heavy atom. The Morgan fingerprint density at radius 3 is 1.93 bits per heavy atom. The van der Waals surface area contributed by atoms with Gasteiger partial charge in [-0.05, 0) is 12.1 Å². The Labute approximate surface area is 251 Å². The van der Waals surface area contributed by atoms with Crippen LogP contribution in [0.5, 0.6) is 0 Å². The van der Waals surface area contributed by atoms with E-state index >= 15 is 0 Å². The van der Waals surface area contributed by atoms with Crippen molar-refractivity contribution < 1.29 is 47.7 Å². The molecule has 44 heavy (non-hydrogen) atoms. The Hall–Kier alpha value is -5.11. The van der Waals surface area contributed by atoms with Gasteiger partial charge in [0.25, 0.3) is 5.56 Å². The molecule has 5 atom stereocenters. The first-order valence-electron chi connectivity index (χ1n) is 13.6. The molecule has 0 unspecified atom stereocenters. The third kappa shape index (κ3) is 6.92. The summed E-state index contributed by atoms with van der Waals surface area (Å²) >= 11 is 0. The summed E-state index contributed by atoms with van der Waals surface area (Å²) in [6.07, 6.45) is -7.69. The second kappa shape index (κ2) is 13.5. The van der Waals surface area contributed by atoms with E-state index in [1.54, 1.807) is 48.5 Å². The first kappa shape index (κ1) is 31.8. The molecule has 1 fully saturated rings. The molecule has 14 nitrogen and oxygen atoms in total. The van der Waals surface area contributed by atoms with Gasteiger partial charge in [-0.3, -0.25) is 28.8 Å². The van der Waals surface area contributed by atoms with Gasteiger partial charge in [0.05, 0.1) is 10.9 Å². The zero-order valence-corrected chi connectivity index (χ0v) is 24.6. The monoisotopic (exact) mass is 609 g/mol. The Bertz CT molecular complexity index is 1640. The van der Waals surface area contributed by atoms with Gasteiger partial charge in [0.15, 0.2) is 30.4 Å². The van der Waals surface area contributed by atoms with Gasteiger partial charge in [0, 0.05) is 40.2 Å². The molecule has 1 amide bonds. The quantitative estimate of drug-likeness (QED) is 0.268. The minimum absolute atomic E-state index is 0.0392. The molecular weight excluding hydrogens is 578 g/mol. The number of rotatable bonds is 8. The third-order valence-corrected chi connectivity index (χ3v) is 6.53. The minimum Gasteiger partial charge on any atom is -0.463 e. The number of fused-ring (bicyclic) bond motifs is 1. The van der Waals surface area contributed by atoms with Gasteiger partial charge in [0.2, 0.25) is 5.91 Å². The summed E-state index contributed by atoms with van der Waals surface area (Å²) in [4.78, 5) is 80.9. The number of carbonyl (C=O) groups is 5. The molecule has 14 heteroatoms. The van der Waals surface area contributed by atoms with E-state index in [0.29, 0.717) is 11.1 Å². The molecule has 2 heterocycles. The van der Waals surface area contributed by atoms with E-state index in [2.05, 4.69) is 4.98 Å². The molecule has 1 saturated heterocycles. The highest BCUT2D eigenvalue weighted by atomic mass is 16.7. The smallest absolute Gasteiger partial charge is 0.303 e. The Kier molecular flexibility index (Phi) is 9.73. The van der Waals surface area contributed by atoms with Gasteiger partial charge < -0.3 is 23.7 Å². The second-order valence-electron chi connectivity index (χ2n) is 9.89. The predicted molar refractivity (Wildman–Crippen MR) is 152 cm³/mol. The molecule has 1 aromatic heterocycles. The van der Waals surface area contributed by atoms with Crippen molar-refractivity contribution in [3.8, 4) is 11.4 Å². The van der Waals surface area contributed by atoms with Crippen molar-refractivity contribution in [2.24, 2.45) is 0 Å². The zero-order valence-electron chi connectivity index (χ0n) is 24.6. The van der Waals surface area contributed by atoms with Gasteiger partial charge in [-0.1, -0.05) is 42.5 Å². The Balaban J connectivity index is 2.01. The fraction of sp³-hybridized carbons (Fsp3) is 0.367. The maximum atomic E-state index is 14.1. The molecule has 1 aliphatic rings. The molecule has 0 aliphatic carbocycles. The third-order valence-electron chi connectivity index (χ3n) is 6.53. The molecule has 4 rings (SSSR count). The fourth-order valence-corrected chi connectivity index (χ4v) is 4.93. The van der Waals surface area contributed by atoms with Crippen LogP contribution in [0, 0.1) is 0 Å². The maximum absolute atomic E-state index is 14.1. The van der Waals surface area contributed by atoms with Crippen LogP contribution in [0.25, 0.3) is 22.3 Å². The molecule has 232 valence electrons. The first-order valence-corrected chi connectivity index (χ1v) is 13.6. The summed E-state index contributed by atoms with van der Waals surface area (Å²) in [7, 11) is 0. The van der Waals surface area contributed by atoms with Gasteiger partial charge >= 0.3 is 23.9 Å². The number of nitrogens with zero attached hydrogens (tertiary/aromatic N) is 3. The molecule has 1 aliphatic heterocycles. The minimum atomic E-state index is -1.68. The SMILES string of the molecule is CC(=O)OC[C@H]1O[C@@H](N(C(C)=O)n2c(-c3ccccc3)nc3ccccc3c2=O)[C@H](OC(C)=O)[C@@H](OC(C)=O)[C@H]1OC(C)=O. The highest BCUT2D eigenvalue weighted by Gasteiger charge is 2.55. The van der Waals surface area contributed by atoms with Crippen LogP contribution in [0.3, 0.4) is 0 Å². The lowest BCUT2D eigenvalue weighted by molar-refractivity contribution is -0.254. The number of aromatic nitrogens is 2. The van der Waals surface area contributed by atoms with Crippen molar-refractivity contribution in [3.05, 3.63) is 65.0 Å². The summed E-state index contributed by atoms with van der Waals surface area (Å²) in [5.41, 5.74) is 0.127. The van der Waals surface area contributed by atoms with Crippen LogP contribution in [0.1, 0.15) is 34.6 Å². The van der Waals surface area contributed by atoms with Gasteiger partial charge in [-0.15, -0.1) is 0 Å². The lowest BCUT2D eigenvalue weighted by Gasteiger charge is -2.47. The van der Waals surface area contributed by atoms with Crippen LogP contribution in [-0.4, -0.2) is 76.7 Å².